The smallest absolute Gasteiger partial charge is 0.310 e. The van der Waals surface area contributed by atoms with Gasteiger partial charge in [0, 0.05) is 6.04 Å². The Bertz CT molecular complexity index is 165. The summed E-state index contributed by atoms with van der Waals surface area (Å²) in [5, 5.41) is 8.55. The van der Waals surface area contributed by atoms with Crippen LogP contribution in [0.5, 0.6) is 0 Å². The standard InChI is InChI=1S/C7H11NO2/c8-6-3-1-2-5(4-6)7(9)10/h1-2,5-6H,3-4,8H2,(H,9,10)/t5-,6+/m0/s1. The van der Waals surface area contributed by atoms with E-state index in [9.17, 15) is 4.79 Å². The Hall–Kier alpha value is -0.830. The van der Waals surface area contributed by atoms with E-state index < -0.39 is 5.97 Å². The van der Waals surface area contributed by atoms with Crippen molar-refractivity contribution in [2.24, 2.45) is 11.7 Å². The molecule has 0 bridgehead atoms. The molecule has 2 atom stereocenters. The minimum Gasteiger partial charge on any atom is -0.481 e. The average Bonchev–Trinajstić information content (AvgIpc) is 1.88. The lowest BCUT2D eigenvalue weighted by molar-refractivity contribution is -0.140. The van der Waals surface area contributed by atoms with Crippen LogP contribution < -0.4 is 5.73 Å². The van der Waals surface area contributed by atoms with E-state index in [0.717, 1.165) is 6.42 Å². The summed E-state index contributed by atoms with van der Waals surface area (Å²) >= 11 is 0. The lowest BCUT2D eigenvalue weighted by atomic mass is 9.93. The average molecular weight is 141 g/mol. The first-order valence-electron chi connectivity index (χ1n) is 3.35. The lowest BCUT2D eigenvalue weighted by Gasteiger charge is -2.17. The topological polar surface area (TPSA) is 63.3 Å². The van der Waals surface area contributed by atoms with Gasteiger partial charge in [0.25, 0.3) is 0 Å². The van der Waals surface area contributed by atoms with Gasteiger partial charge in [-0.3, -0.25) is 4.79 Å². The Morgan fingerprint density at radius 1 is 1.70 bits per heavy atom. The quantitative estimate of drug-likeness (QED) is 0.518. The van der Waals surface area contributed by atoms with Crippen molar-refractivity contribution in [3.05, 3.63) is 12.2 Å². The molecule has 0 radical (unpaired) electrons. The molecular formula is C7H11NO2. The van der Waals surface area contributed by atoms with E-state index in [0.29, 0.717) is 6.42 Å². The predicted octanol–water partition coefficient (Wildman–Crippen LogP) is 0.364. The highest BCUT2D eigenvalue weighted by Crippen LogP contribution is 2.15. The molecule has 1 rings (SSSR count). The third kappa shape index (κ3) is 1.57. The maximum absolute atomic E-state index is 10.4. The Kier molecular flexibility index (Phi) is 2.06. The van der Waals surface area contributed by atoms with Crippen molar-refractivity contribution in [3.63, 3.8) is 0 Å². The Balaban J connectivity index is 2.55. The van der Waals surface area contributed by atoms with Crippen molar-refractivity contribution >= 4 is 5.97 Å². The van der Waals surface area contributed by atoms with Gasteiger partial charge in [-0.05, 0) is 12.8 Å². The van der Waals surface area contributed by atoms with Gasteiger partial charge in [-0.1, -0.05) is 12.2 Å². The summed E-state index contributed by atoms with van der Waals surface area (Å²) in [6, 6.07) is 0.0334. The highest BCUT2D eigenvalue weighted by molar-refractivity contribution is 5.72. The van der Waals surface area contributed by atoms with Crippen molar-refractivity contribution in [1.82, 2.24) is 0 Å². The van der Waals surface area contributed by atoms with E-state index in [4.69, 9.17) is 10.8 Å². The van der Waals surface area contributed by atoms with E-state index in [1.807, 2.05) is 6.08 Å². The Labute approximate surface area is 59.5 Å². The van der Waals surface area contributed by atoms with Crippen molar-refractivity contribution in [2.45, 2.75) is 18.9 Å². The highest BCUT2D eigenvalue weighted by atomic mass is 16.4. The van der Waals surface area contributed by atoms with Gasteiger partial charge in [-0.25, -0.2) is 0 Å². The van der Waals surface area contributed by atoms with Crippen molar-refractivity contribution in [3.8, 4) is 0 Å². The number of carboxylic acid groups (broad SMARTS) is 1. The van der Waals surface area contributed by atoms with Crippen LogP contribution in [-0.4, -0.2) is 17.1 Å². The van der Waals surface area contributed by atoms with Gasteiger partial charge in [-0.15, -0.1) is 0 Å². The molecule has 3 nitrogen and oxygen atoms in total. The van der Waals surface area contributed by atoms with Crippen LogP contribution in [0.1, 0.15) is 12.8 Å². The number of carboxylic acids is 1. The van der Waals surface area contributed by atoms with Crippen LogP contribution in [0.25, 0.3) is 0 Å². The molecular weight excluding hydrogens is 130 g/mol. The minimum absolute atomic E-state index is 0.0334. The fourth-order valence-corrected chi connectivity index (χ4v) is 1.10. The summed E-state index contributed by atoms with van der Waals surface area (Å²) in [5.74, 6) is -1.13. The zero-order valence-electron chi connectivity index (χ0n) is 5.66. The fraction of sp³-hybridized carbons (Fsp3) is 0.571. The van der Waals surface area contributed by atoms with Gasteiger partial charge in [-0.2, -0.15) is 0 Å². The van der Waals surface area contributed by atoms with Crippen molar-refractivity contribution in [2.75, 3.05) is 0 Å². The molecule has 0 saturated carbocycles. The molecule has 0 saturated heterocycles. The van der Waals surface area contributed by atoms with Crippen molar-refractivity contribution < 1.29 is 9.90 Å². The number of aliphatic carboxylic acids is 1. The van der Waals surface area contributed by atoms with Gasteiger partial charge in [0.1, 0.15) is 0 Å². The first-order valence-corrected chi connectivity index (χ1v) is 3.35. The molecule has 0 aromatic rings. The second-order valence-electron chi connectivity index (χ2n) is 2.60. The first-order chi connectivity index (χ1) is 4.70. The number of hydrogen-bond acceptors (Lipinski definition) is 2. The number of hydrogen-bond donors (Lipinski definition) is 2. The summed E-state index contributed by atoms with van der Waals surface area (Å²) in [5.41, 5.74) is 5.55. The maximum Gasteiger partial charge on any atom is 0.310 e. The molecule has 3 heteroatoms. The lowest BCUT2D eigenvalue weighted by Crippen LogP contribution is -2.28. The van der Waals surface area contributed by atoms with Crippen LogP contribution in [0.4, 0.5) is 0 Å². The molecule has 0 heterocycles. The summed E-state index contributed by atoms with van der Waals surface area (Å²) in [4.78, 5) is 10.4. The molecule has 0 aliphatic heterocycles. The third-order valence-corrected chi connectivity index (χ3v) is 1.68. The van der Waals surface area contributed by atoms with E-state index in [-0.39, 0.29) is 12.0 Å². The maximum atomic E-state index is 10.4. The van der Waals surface area contributed by atoms with E-state index >= 15 is 0 Å². The summed E-state index contributed by atoms with van der Waals surface area (Å²) in [7, 11) is 0. The molecule has 0 unspecified atom stereocenters. The zero-order valence-corrected chi connectivity index (χ0v) is 5.66. The second kappa shape index (κ2) is 2.84. The molecule has 0 spiro atoms. The molecule has 1 aliphatic carbocycles. The molecule has 10 heavy (non-hydrogen) atoms. The predicted molar refractivity (Wildman–Crippen MR) is 37.5 cm³/mol. The van der Waals surface area contributed by atoms with Crippen LogP contribution in [-0.2, 0) is 4.79 Å². The molecule has 0 aromatic heterocycles. The summed E-state index contributed by atoms with van der Waals surface area (Å²) < 4.78 is 0. The van der Waals surface area contributed by atoms with Crippen LogP contribution in [0.3, 0.4) is 0 Å². The van der Waals surface area contributed by atoms with Crippen LogP contribution in [0.2, 0.25) is 0 Å². The molecule has 0 aromatic carbocycles. The van der Waals surface area contributed by atoms with Crippen LogP contribution >= 0.6 is 0 Å². The molecule has 56 valence electrons. The SMILES string of the molecule is N[C@@H]1CC=C[C@H](C(=O)O)C1. The minimum atomic E-state index is -0.772. The molecule has 0 amide bonds. The number of carbonyl (C=O) groups is 1. The monoisotopic (exact) mass is 141 g/mol. The Morgan fingerprint density at radius 3 is 2.80 bits per heavy atom. The Morgan fingerprint density at radius 2 is 2.40 bits per heavy atom. The zero-order chi connectivity index (χ0) is 7.56. The summed E-state index contributed by atoms with van der Waals surface area (Å²) in [6.45, 7) is 0. The molecule has 3 N–H and O–H groups in total. The third-order valence-electron chi connectivity index (χ3n) is 1.68. The molecule has 0 fully saturated rings. The van der Waals surface area contributed by atoms with Gasteiger partial charge < -0.3 is 10.8 Å². The normalized spacial score (nSPS) is 32.1. The largest absolute Gasteiger partial charge is 0.481 e. The van der Waals surface area contributed by atoms with Crippen LogP contribution in [0.15, 0.2) is 12.2 Å². The number of rotatable bonds is 1. The highest BCUT2D eigenvalue weighted by Gasteiger charge is 2.19. The molecule has 1 aliphatic rings. The fourth-order valence-electron chi connectivity index (χ4n) is 1.10. The van der Waals surface area contributed by atoms with E-state index in [2.05, 4.69) is 0 Å². The van der Waals surface area contributed by atoms with Gasteiger partial charge in [0.15, 0.2) is 0 Å². The first kappa shape index (κ1) is 7.28. The van der Waals surface area contributed by atoms with Crippen LogP contribution in [0, 0.1) is 5.92 Å². The van der Waals surface area contributed by atoms with Gasteiger partial charge in [0.2, 0.25) is 0 Å². The van der Waals surface area contributed by atoms with Gasteiger partial charge in [0.05, 0.1) is 5.92 Å². The second-order valence-corrected chi connectivity index (χ2v) is 2.60. The van der Waals surface area contributed by atoms with E-state index in [1.54, 1.807) is 6.08 Å². The summed E-state index contributed by atoms with van der Waals surface area (Å²) in [6.07, 6.45) is 4.94. The van der Waals surface area contributed by atoms with Crippen molar-refractivity contribution in [1.29, 1.82) is 0 Å². The van der Waals surface area contributed by atoms with E-state index in [1.165, 1.54) is 0 Å². The number of nitrogens with two attached hydrogens (primary N) is 1. The van der Waals surface area contributed by atoms with Gasteiger partial charge >= 0.3 is 5.97 Å².